The summed E-state index contributed by atoms with van der Waals surface area (Å²) in [4.78, 5) is 11.3. The van der Waals surface area contributed by atoms with Crippen LogP contribution in [0.2, 0.25) is 10.0 Å². The summed E-state index contributed by atoms with van der Waals surface area (Å²) in [5.74, 6) is -1.28. The van der Waals surface area contributed by atoms with Gasteiger partial charge in [0.25, 0.3) is 0 Å². The van der Waals surface area contributed by atoms with Crippen molar-refractivity contribution < 1.29 is 14.6 Å². The fourth-order valence-electron chi connectivity index (χ4n) is 1.76. The number of aliphatic carboxylic acids is 1. The van der Waals surface area contributed by atoms with Crippen molar-refractivity contribution in [3.63, 3.8) is 0 Å². The van der Waals surface area contributed by atoms with Gasteiger partial charge in [-0.25, -0.2) is 0 Å². The Hall–Kier alpha value is -1.71. The first-order valence-corrected chi connectivity index (χ1v) is 6.69. The Balaban J connectivity index is 2.12. The number of ether oxygens (including phenoxy) is 1. The summed E-state index contributed by atoms with van der Waals surface area (Å²) in [5.41, 5.74) is 0.685. The fraction of sp³-hybridized carbons (Fsp3) is 0.133. The topological polar surface area (TPSA) is 46.5 Å². The van der Waals surface area contributed by atoms with Crippen molar-refractivity contribution in [1.29, 1.82) is 0 Å². The first kappa shape index (κ1) is 14.7. The van der Waals surface area contributed by atoms with Crippen LogP contribution in [0.4, 0.5) is 0 Å². The summed E-state index contributed by atoms with van der Waals surface area (Å²) in [6, 6.07) is 13.7. The minimum absolute atomic E-state index is 0.000693. The first-order chi connectivity index (χ1) is 9.58. The van der Waals surface area contributed by atoms with Gasteiger partial charge in [-0.2, -0.15) is 0 Å². The van der Waals surface area contributed by atoms with Gasteiger partial charge in [0.15, 0.2) is 0 Å². The molecule has 0 amide bonds. The smallest absolute Gasteiger partial charge is 0.314 e. The van der Waals surface area contributed by atoms with Gasteiger partial charge in [-0.15, -0.1) is 0 Å². The van der Waals surface area contributed by atoms with Gasteiger partial charge in [0.2, 0.25) is 0 Å². The fourth-order valence-corrected chi connectivity index (χ4v) is 2.22. The van der Waals surface area contributed by atoms with Crippen molar-refractivity contribution >= 4 is 29.2 Å². The average Bonchev–Trinajstić information content (AvgIpc) is 2.42. The monoisotopic (exact) mass is 310 g/mol. The Morgan fingerprint density at radius 2 is 1.85 bits per heavy atom. The van der Waals surface area contributed by atoms with Gasteiger partial charge in [0.1, 0.15) is 18.3 Å². The molecule has 2 aromatic rings. The van der Waals surface area contributed by atoms with Crippen molar-refractivity contribution in [2.45, 2.75) is 5.92 Å². The first-order valence-electron chi connectivity index (χ1n) is 5.93. The van der Waals surface area contributed by atoms with Crippen LogP contribution in [0, 0.1) is 0 Å². The van der Waals surface area contributed by atoms with E-state index in [1.165, 1.54) is 0 Å². The van der Waals surface area contributed by atoms with Gasteiger partial charge < -0.3 is 9.84 Å². The highest BCUT2D eigenvalue weighted by Gasteiger charge is 2.20. The molecule has 0 spiro atoms. The van der Waals surface area contributed by atoms with E-state index in [1.54, 1.807) is 42.5 Å². The van der Waals surface area contributed by atoms with Crippen molar-refractivity contribution in [3.8, 4) is 5.75 Å². The van der Waals surface area contributed by atoms with Crippen LogP contribution in [0.15, 0.2) is 48.5 Å². The van der Waals surface area contributed by atoms with Gasteiger partial charge >= 0.3 is 5.97 Å². The van der Waals surface area contributed by atoms with E-state index in [-0.39, 0.29) is 6.61 Å². The third-order valence-corrected chi connectivity index (χ3v) is 3.33. The summed E-state index contributed by atoms with van der Waals surface area (Å²) in [7, 11) is 0. The van der Waals surface area contributed by atoms with E-state index in [0.29, 0.717) is 21.4 Å². The number of halogens is 2. The van der Waals surface area contributed by atoms with Gasteiger partial charge in [-0.3, -0.25) is 4.79 Å². The second kappa shape index (κ2) is 6.64. The molecule has 20 heavy (non-hydrogen) atoms. The average molecular weight is 311 g/mol. The third-order valence-electron chi connectivity index (χ3n) is 2.80. The second-order valence-corrected chi connectivity index (χ2v) is 5.03. The minimum atomic E-state index is -0.943. The van der Waals surface area contributed by atoms with Crippen LogP contribution in [-0.2, 0) is 4.79 Å². The number of carboxylic acids is 1. The standard InChI is InChI=1S/C15H12Cl2O3/c16-11-6-7-14(13(17)8-11)20-9-12(15(18)19)10-4-2-1-3-5-10/h1-8,12H,9H2,(H,18,19). The van der Waals surface area contributed by atoms with Crippen LogP contribution in [0.5, 0.6) is 5.75 Å². The highest BCUT2D eigenvalue weighted by Crippen LogP contribution is 2.28. The van der Waals surface area contributed by atoms with Crippen molar-refractivity contribution in [1.82, 2.24) is 0 Å². The van der Waals surface area contributed by atoms with Crippen molar-refractivity contribution in [2.75, 3.05) is 6.61 Å². The number of carbonyl (C=O) groups is 1. The second-order valence-electron chi connectivity index (χ2n) is 4.19. The van der Waals surface area contributed by atoms with Crippen LogP contribution in [0.3, 0.4) is 0 Å². The van der Waals surface area contributed by atoms with E-state index in [0.717, 1.165) is 0 Å². The van der Waals surface area contributed by atoms with E-state index >= 15 is 0 Å². The van der Waals surface area contributed by atoms with Gasteiger partial charge in [-0.05, 0) is 23.8 Å². The predicted octanol–water partition coefficient (Wildman–Crippen LogP) is 4.24. The van der Waals surface area contributed by atoms with Crippen LogP contribution in [0.1, 0.15) is 11.5 Å². The molecule has 5 heteroatoms. The largest absolute Gasteiger partial charge is 0.491 e. The predicted molar refractivity (Wildman–Crippen MR) is 78.8 cm³/mol. The molecular weight excluding hydrogens is 299 g/mol. The van der Waals surface area contributed by atoms with E-state index in [9.17, 15) is 9.90 Å². The highest BCUT2D eigenvalue weighted by molar-refractivity contribution is 6.35. The molecule has 0 heterocycles. The number of hydrogen-bond donors (Lipinski definition) is 1. The Kier molecular flexibility index (Phi) is 4.88. The van der Waals surface area contributed by atoms with Crippen molar-refractivity contribution in [3.05, 3.63) is 64.1 Å². The molecule has 0 bridgehead atoms. The maximum Gasteiger partial charge on any atom is 0.314 e. The summed E-state index contributed by atoms with van der Waals surface area (Å²) in [6.07, 6.45) is 0. The molecule has 1 N–H and O–H groups in total. The number of carboxylic acid groups (broad SMARTS) is 1. The molecule has 3 nitrogen and oxygen atoms in total. The molecule has 2 rings (SSSR count). The molecule has 2 aromatic carbocycles. The minimum Gasteiger partial charge on any atom is -0.491 e. The van der Waals surface area contributed by atoms with Crippen molar-refractivity contribution in [2.24, 2.45) is 0 Å². The highest BCUT2D eigenvalue weighted by atomic mass is 35.5. The molecule has 0 aliphatic heterocycles. The Morgan fingerprint density at radius 1 is 1.15 bits per heavy atom. The Labute approximate surface area is 126 Å². The summed E-state index contributed by atoms with van der Waals surface area (Å²) in [5, 5.41) is 10.1. The van der Waals surface area contributed by atoms with Gasteiger partial charge in [-0.1, -0.05) is 53.5 Å². The molecule has 0 fully saturated rings. The molecule has 0 aliphatic carbocycles. The summed E-state index contributed by atoms with van der Waals surface area (Å²) in [6.45, 7) is 0.000693. The third kappa shape index (κ3) is 3.65. The zero-order valence-corrected chi connectivity index (χ0v) is 11.9. The van der Waals surface area contributed by atoms with Crippen LogP contribution in [-0.4, -0.2) is 17.7 Å². The lowest BCUT2D eigenvalue weighted by Gasteiger charge is -2.15. The zero-order chi connectivity index (χ0) is 14.5. The maximum atomic E-state index is 11.3. The SMILES string of the molecule is O=C(O)C(COc1ccc(Cl)cc1Cl)c1ccccc1. The molecule has 0 aromatic heterocycles. The molecule has 0 radical (unpaired) electrons. The van der Waals surface area contributed by atoms with Crippen LogP contribution < -0.4 is 4.74 Å². The van der Waals surface area contributed by atoms with Crippen LogP contribution in [0.25, 0.3) is 0 Å². The van der Waals surface area contributed by atoms with E-state index in [2.05, 4.69) is 0 Å². The normalized spacial score (nSPS) is 11.9. The summed E-state index contributed by atoms with van der Waals surface area (Å²) >= 11 is 11.8. The number of benzene rings is 2. The number of hydrogen-bond acceptors (Lipinski definition) is 2. The Morgan fingerprint density at radius 3 is 2.45 bits per heavy atom. The molecule has 104 valence electrons. The zero-order valence-electron chi connectivity index (χ0n) is 10.4. The lowest BCUT2D eigenvalue weighted by molar-refractivity contribution is -0.139. The molecule has 1 atom stereocenters. The van der Waals surface area contributed by atoms with E-state index in [1.807, 2.05) is 6.07 Å². The summed E-state index contributed by atoms with van der Waals surface area (Å²) < 4.78 is 5.50. The van der Waals surface area contributed by atoms with Gasteiger partial charge in [0, 0.05) is 5.02 Å². The number of rotatable bonds is 5. The van der Waals surface area contributed by atoms with E-state index in [4.69, 9.17) is 27.9 Å². The molecule has 1 unspecified atom stereocenters. The quantitative estimate of drug-likeness (QED) is 0.898. The molecular formula is C15H12Cl2O3. The molecule has 0 saturated carbocycles. The molecule has 0 saturated heterocycles. The van der Waals surface area contributed by atoms with Gasteiger partial charge in [0.05, 0.1) is 5.02 Å². The molecule has 0 aliphatic rings. The maximum absolute atomic E-state index is 11.3. The lowest BCUT2D eigenvalue weighted by atomic mass is 10.0. The lowest BCUT2D eigenvalue weighted by Crippen LogP contribution is -2.19. The van der Waals surface area contributed by atoms with E-state index < -0.39 is 11.9 Å². The Bertz CT molecular complexity index is 599. The van der Waals surface area contributed by atoms with Crippen LogP contribution >= 0.6 is 23.2 Å².